The van der Waals surface area contributed by atoms with Crippen molar-refractivity contribution in [2.75, 3.05) is 39.2 Å². The second-order valence-electron chi connectivity index (χ2n) is 7.63. The van der Waals surface area contributed by atoms with Crippen LogP contribution in [0.5, 0.6) is 5.75 Å². The topological polar surface area (TPSA) is 45.7 Å². The number of hydrogen-bond donors (Lipinski definition) is 0. The molecule has 32 heavy (non-hydrogen) atoms. The predicted molar refractivity (Wildman–Crippen MR) is 133 cm³/mol. The number of hydrogen-bond acceptors (Lipinski definition) is 5. The molecular weight excluding hydrogens is 442 g/mol. The standard InChI is InChI=1S/C25H24ClN3O2S/c1-28(2)15-16-29(25-27-22-21(31-3)14-13-20(26)23(22)32-25)24(30)19-11-9-18(10-12-19)17-7-5-4-6-8-17/h4-14H,15-16H2,1-3H3. The van der Waals surface area contributed by atoms with E-state index in [0.29, 0.717) is 40.1 Å². The molecule has 0 aliphatic heterocycles. The van der Waals surface area contributed by atoms with Gasteiger partial charge in [-0.25, -0.2) is 4.98 Å². The van der Waals surface area contributed by atoms with Crippen LogP contribution in [-0.4, -0.2) is 50.1 Å². The van der Waals surface area contributed by atoms with E-state index in [2.05, 4.69) is 12.1 Å². The summed E-state index contributed by atoms with van der Waals surface area (Å²) in [7, 11) is 5.57. The van der Waals surface area contributed by atoms with Crippen molar-refractivity contribution in [2.45, 2.75) is 0 Å². The Hall–Kier alpha value is -2.93. The van der Waals surface area contributed by atoms with E-state index in [1.807, 2.05) is 61.5 Å². The first-order valence-corrected chi connectivity index (χ1v) is 11.4. The van der Waals surface area contributed by atoms with E-state index in [1.54, 1.807) is 24.1 Å². The Morgan fingerprint density at radius 1 is 0.969 bits per heavy atom. The molecule has 1 amide bonds. The van der Waals surface area contributed by atoms with Crippen molar-refractivity contribution < 1.29 is 9.53 Å². The highest BCUT2D eigenvalue weighted by Crippen LogP contribution is 2.39. The van der Waals surface area contributed by atoms with Crippen LogP contribution in [0.2, 0.25) is 5.02 Å². The van der Waals surface area contributed by atoms with Crippen LogP contribution >= 0.6 is 22.9 Å². The van der Waals surface area contributed by atoms with Gasteiger partial charge in [0.05, 0.1) is 16.8 Å². The van der Waals surface area contributed by atoms with Gasteiger partial charge in [0.2, 0.25) is 0 Å². The Balaban J connectivity index is 1.69. The highest BCUT2D eigenvalue weighted by molar-refractivity contribution is 7.23. The Labute approximate surface area is 196 Å². The third kappa shape index (κ3) is 4.63. The highest BCUT2D eigenvalue weighted by atomic mass is 35.5. The minimum absolute atomic E-state index is 0.0967. The molecule has 1 heterocycles. The van der Waals surface area contributed by atoms with Gasteiger partial charge < -0.3 is 9.64 Å². The Bertz CT molecular complexity index is 1220. The number of nitrogens with zero attached hydrogens (tertiary/aromatic N) is 3. The van der Waals surface area contributed by atoms with Crippen LogP contribution in [0.4, 0.5) is 5.13 Å². The summed E-state index contributed by atoms with van der Waals surface area (Å²) in [5.41, 5.74) is 3.46. The second-order valence-corrected chi connectivity index (χ2v) is 9.01. The van der Waals surface area contributed by atoms with Crippen molar-refractivity contribution in [3.63, 3.8) is 0 Å². The lowest BCUT2D eigenvalue weighted by molar-refractivity contribution is 0.0985. The fraction of sp³-hybridized carbons (Fsp3) is 0.200. The Morgan fingerprint density at radius 3 is 2.31 bits per heavy atom. The van der Waals surface area contributed by atoms with Gasteiger partial charge >= 0.3 is 0 Å². The van der Waals surface area contributed by atoms with Crippen LogP contribution in [0.25, 0.3) is 21.3 Å². The minimum atomic E-state index is -0.0967. The lowest BCUT2D eigenvalue weighted by atomic mass is 10.0. The summed E-state index contributed by atoms with van der Waals surface area (Å²) < 4.78 is 6.26. The molecule has 4 aromatic rings. The number of ether oxygens (including phenoxy) is 1. The second kappa shape index (κ2) is 9.69. The molecule has 4 rings (SSSR count). The number of methoxy groups -OCH3 is 1. The first-order chi connectivity index (χ1) is 15.5. The molecule has 0 spiro atoms. The van der Waals surface area contributed by atoms with Crippen molar-refractivity contribution in [3.05, 3.63) is 77.3 Å². The summed E-state index contributed by atoms with van der Waals surface area (Å²) in [5, 5.41) is 1.20. The maximum atomic E-state index is 13.5. The van der Waals surface area contributed by atoms with E-state index in [-0.39, 0.29) is 5.91 Å². The van der Waals surface area contributed by atoms with Gasteiger partial charge in [-0.2, -0.15) is 0 Å². The fourth-order valence-electron chi connectivity index (χ4n) is 3.40. The monoisotopic (exact) mass is 465 g/mol. The number of halogens is 1. The average molecular weight is 466 g/mol. The predicted octanol–water partition coefficient (Wildman–Crippen LogP) is 5.83. The van der Waals surface area contributed by atoms with Crippen molar-refractivity contribution in [3.8, 4) is 16.9 Å². The van der Waals surface area contributed by atoms with E-state index in [4.69, 9.17) is 21.3 Å². The van der Waals surface area contributed by atoms with Gasteiger partial charge in [0.25, 0.3) is 5.91 Å². The number of anilines is 1. The lowest BCUT2D eigenvalue weighted by Crippen LogP contribution is -2.36. The van der Waals surface area contributed by atoms with Gasteiger partial charge in [0.1, 0.15) is 11.3 Å². The van der Waals surface area contributed by atoms with Crippen molar-refractivity contribution in [1.29, 1.82) is 0 Å². The third-order valence-corrected chi connectivity index (χ3v) is 6.69. The first-order valence-electron chi connectivity index (χ1n) is 10.2. The lowest BCUT2D eigenvalue weighted by Gasteiger charge is -2.22. The van der Waals surface area contributed by atoms with E-state index in [9.17, 15) is 4.79 Å². The summed E-state index contributed by atoms with van der Waals surface area (Å²) >= 11 is 7.81. The van der Waals surface area contributed by atoms with Crippen molar-refractivity contribution >= 4 is 44.2 Å². The SMILES string of the molecule is COc1ccc(Cl)c2sc(N(CCN(C)C)C(=O)c3ccc(-c4ccccc4)cc3)nc12. The average Bonchev–Trinajstić information content (AvgIpc) is 3.26. The molecule has 0 saturated heterocycles. The number of likely N-dealkylation sites (N-methyl/N-ethyl adjacent to an activating group) is 1. The van der Waals surface area contributed by atoms with Gasteiger partial charge in [-0.3, -0.25) is 9.69 Å². The molecule has 3 aromatic carbocycles. The largest absolute Gasteiger partial charge is 0.494 e. The summed E-state index contributed by atoms with van der Waals surface area (Å²) in [4.78, 5) is 22.0. The Morgan fingerprint density at radius 2 is 1.66 bits per heavy atom. The van der Waals surface area contributed by atoms with Gasteiger partial charge in [0.15, 0.2) is 5.13 Å². The molecule has 0 saturated carbocycles. The van der Waals surface area contributed by atoms with Gasteiger partial charge in [-0.15, -0.1) is 0 Å². The number of fused-ring (bicyclic) bond motifs is 1. The molecule has 164 valence electrons. The number of carbonyl (C=O) groups is 1. The van der Waals surface area contributed by atoms with E-state index >= 15 is 0 Å². The number of benzene rings is 3. The van der Waals surface area contributed by atoms with Crippen LogP contribution in [0.1, 0.15) is 10.4 Å². The van der Waals surface area contributed by atoms with E-state index < -0.39 is 0 Å². The van der Waals surface area contributed by atoms with Crippen LogP contribution < -0.4 is 9.64 Å². The molecule has 1 aromatic heterocycles. The maximum absolute atomic E-state index is 13.5. The fourth-order valence-corrected chi connectivity index (χ4v) is 4.68. The van der Waals surface area contributed by atoms with Gasteiger partial charge in [-0.05, 0) is 49.5 Å². The van der Waals surface area contributed by atoms with E-state index in [0.717, 1.165) is 15.8 Å². The van der Waals surface area contributed by atoms with Gasteiger partial charge in [0, 0.05) is 18.7 Å². The zero-order chi connectivity index (χ0) is 22.7. The molecule has 0 bridgehead atoms. The number of rotatable bonds is 7. The number of amides is 1. The molecule has 5 nitrogen and oxygen atoms in total. The molecule has 0 atom stereocenters. The molecule has 7 heteroatoms. The quantitative estimate of drug-likeness (QED) is 0.344. The molecule has 0 fully saturated rings. The Kier molecular flexibility index (Phi) is 6.74. The third-order valence-electron chi connectivity index (χ3n) is 5.15. The molecule has 0 unspecified atom stereocenters. The number of thiazole rings is 1. The normalized spacial score (nSPS) is 11.2. The highest BCUT2D eigenvalue weighted by Gasteiger charge is 2.23. The zero-order valence-electron chi connectivity index (χ0n) is 18.2. The summed E-state index contributed by atoms with van der Waals surface area (Å²) in [6, 6.07) is 21.4. The maximum Gasteiger partial charge on any atom is 0.260 e. The zero-order valence-corrected chi connectivity index (χ0v) is 19.8. The van der Waals surface area contributed by atoms with Gasteiger partial charge in [-0.1, -0.05) is 65.4 Å². The minimum Gasteiger partial charge on any atom is -0.494 e. The summed E-state index contributed by atoms with van der Waals surface area (Å²) in [6.07, 6.45) is 0. The van der Waals surface area contributed by atoms with Crippen molar-refractivity contribution in [2.24, 2.45) is 0 Å². The van der Waals surface area contributed by atoms with Crippen LogP contribution in [-0.2, 0) is 0 Å². The summed E-state index contributed by atoms with van der Waals surface area (Å²) in [6.45, 7) is 1.21. The molecule has 0 aliphatic carbocycles. The van der Waals surface area contributed by atoms with Crippen LogP contribution in [0.3, 0.4) is 0 Å². The first kappa shape index (κ1) is 22.3. The van der Waals surface area contributed by atoms with E-state index in [1.165, 1.54) is 11.3 Å². The van der Waals surface area contributed by atoms with Crippen LogP contribution in [0, 0.1) is 0 Å². The number of aromatic nitrogens is 1. The smallest absolute Gasteiger partial charge is 0.260 e. The summed E-state index contributed by atoms with van der Waals surface area (Å²) in [5.74, 6) is 0.541. The van der Waals surface area contributed by atoms with Crippen molar-refractivity contribution in [1.82, 2.24) is 9.88 Å². The van der Waals surface area contributed by atoms with Crippen LogP contribution in [0.15, 0.2) is 66.7 Å². The molecular formula is C25H24ClN3O2S. The molecule has 0 aliphatic rings. The molecule has 0 N–H and O–H groups in total. The molecule has 0 radical (unpaired) electrons. The number of carbonyl (C=O) groups excluding carboxylic acids is 1.